The van der Waals surface area contributed by atoms with Crippen LogP contribution in [-0.2, 0) is 7.05 Å². The van der Waals surface area contributed by atoms with E-state index < -0.39 is 11.0 Å². The molecular weight excluding hydrogens is 389 g/mol. The van der Waals surface area contributed by atoms with Crippen molar-refractivity contribution < 1.29 is 14.1 Å². The summed E-state index contributed by atoms with van der Waals surface area (Å²) in [5.74, 6) is 0.0267. The van der Waals surface area contributed by atoms with Crippen LogP contribution in [-0.4, -0.2) is 19.7 Å². The van der Waals surface area contributed by atoms with Crippen LogP contribution in [0, 0.1) is 15.9 Å². The summed E-state index contributed by atoms with van der Waals surface area (Å²) in [7, 11) is 1.78. The predicted octanol–water partition coefficient (Wildman–Crippen LogP) is 4.40. The average molecular weight is 407 g/mol. The molecule has 2 heterocycles. The van der Waals surface area contributed by atoms with Crippen molar-refractivity contribution in [2.45, 2.75) is 13.0 Å². The maximum absolute atomic E-state index is 13.2. The van der Waals surface area contributed by atoms with E-state index in [1.54, 1.807) is 55.2 Å². The first-order chi connectivity index (χ1) is 14.3. The molecule has 0 radical (unpaired) electrons. The van der Waals surface area contributed by atoms with Crippen molar-refractivity contribution in [3.8, 4) is 17.0 Å². The molecule has 2 N–H and O–H groups in total. The zero-order chi connectivity index (χ0) is 21.4. The van der Waals surface area contributed by atoms with Crippen molar-refractivity contribution in [3.63, 3.8) is 0 Å². The van der Waals surface area contributed by atoms with E-state index >= 15 is 0 Å². The molecule has 0 aliphatic rings. The highest BCUT2D eigenvalue weighted by Crippen LogP contribution is 2.37. The van der Waals surface area contributed by atoms with Gasteiger partial charge in [0, 0.05) is 24.9 Å². The van der Waals surface area contributed by atoms with Gasteiger partial charge in [-0.1, -0.05) is 12.1 Å². The van der Waals surface area contributed by atoms with Crippen molar-refractivity contribution in [1.29, 1.82) is 0 Å². The lowest BCUT2D eigenvalue weighted by Crippen LogP contribution is -2.05. The first-order valence-electron chi connectivity index (χ1n) is 9.13. The molecule has 0 unspecified atom stereocenters. The Bertz CT molecular complexity index is 1250. The summed E-state index contributed by atoms with van der Waals surface area (Å²) < 4.78 is 20.8. The quantitative estimate of drug-likeness (QED) is 0.388. The number of nitrogen functional groups attached to an aromatic ring is 1. The minimum Gasteiger partial charge on any atom is -0.479 e. The van der Waals surface area contributed by atoms with Crippen molar-refractivity contribution in [2.24, 2.45) is 7.05 Å². The van der Waals surface area contributed by atoms with Gasteiger partial charge >= 0.3 is 5.69 Å². The van der Waals surface area contributed by atoms with E-state index in [4.69, 9.17) is 10.5 Å². The summed E-state index contributed by atoms with van der Waals surface area (Å²) in [6.45, 7) is 1.74. The summed E-state index contributed by atoms with van der Waals surface area (Å²) in [6.07, 6.45) is 1.06. The first-order valence-corrected chi connectivity index (χ1v) is 9.13. The number of ether oxygens (including phenoxy) is 1. The Morgan fingerprint density at radius 1 is 1.20 bits per heavy atom. The fraction of sp³-hybridized carbons (Fsp3) is 0.143. The molecule has 30 heavy (non-hydrogen) atoms. The molecule has 0 aliphatic heterocycles. The zero-order valence-corrected chi connectivity index (χ0v) is 16.2. The molecule has 0 saturated heterocycles. The number of pyridine rings is 1. The number of fused-ring (bicyclic) bond motifs is 1. The van der Waals surface area contributed by atoms with E-state index in [-0.39, 0.29) is 17.3 Å². The molecule has 0 bridgehead atoms. The van der Waals surface area contributed by atoms with E-state index in [0.29, 0.717) is 28.0 Å². The van der Waals surface area contributed by atoms with Gasteiger partial charge in [-0.05, 0) is 42.8 Å². The Morgan fingerprint density at radius 2 is 1.93 bits per heavy atom. The number of anilines is 1. The summed E-state index contributed by atoms with van der Waals surface area (Å²) in [5.41, 5.74) is 8.51. The predicted molar refractivity (Wildman–Crippen MR) is 110 cm³/mol. The van der Waals surface area contributed by atoms with Crippen molar-refractivity contribution in [3.05, 3.63) is 76.2 Å². The van der Waals surface area contributed by atoms with Crippen LogP contribution in [0.2, 0.25) is 0 Å². The maximum atomic E-state index is 13.2. The topological polar surface area (TPSA) is 109 Å². The van der Waals surface area contributed by atoms with Crippen LogP contribution >= 0.6 is 0 Å². The lowest BCUT2D eigenvalue weighted by molar-refractivity contribution is -0.386. The largest absolute Gasteiger partial charge is 0.479 e. The maximum Gasteiger partial charge on any atom is 0.310 e. The molecule has 1 atom stereocenters. The summed E-state index contributed by atoms with van der Waals surface area (Å²) >= 11 is 0. The highest BCUT2D eigenvalue weighted by molar-refractivity contribution is 6.00. The number of nitro groups is 1. The number of nitrogens with two attached hydrogens (primary N) is 1. The van der Waals surface area contributed by atoms with Crippen molar-refractivity contribution in [2.75, 3.05) is 5.73 Å². The van der Waals surface area contributed by atoms with E-state index in [1.807, 2.05) is 0 Å². The number of hydrogen-bond acceptors (Lipinski definition) is 6. The number of benzene rings is 2. The number of nitrogens with zero attached hydrogens (tertiary/aromatic N) is 4. The molecule has 2 aromatic carbocycles. The van der Waals surface area contributed by atoms with Crippen LogP contribution in [0.1, 0.15) is 18.6 Å². The summed E-state index contributed by atoms with van der Waals surface area (Å²) in [5, 5.41) is 16.7. The Morgan fingerprint density at radius 3 is 2.63 bits per heavy atom. The fourth-order valence-electron chi connectivity index (χ4n) is 3.33. The molecule has 0 fully saturated rings. The van der Waals surface area contributed by atoms with Gasteiger partial charge < -0.3 is 10.5 Å². The van der Waals surface area contributed by atoms with E-state index in [2.05, 4.69) is 10.1 Å². The van der Waals surface area contributed by atoms with E-state index in [0.717, 1.165) is 5.52 Å². The molecule has 0 saturated carbocycles. The van der Waals surface area contributed by atoms with Crippen molar-refractivity contribution >= 4 is 22.4 Å². The van der Waals surface area contributed by atoms with Crippen molar-refractivity contribution in [1.82, 2.24) is 14.8 Å². The first kappa shape index (κ1) is 19.3. The molecule has 2 aromatic heterocycles. The molecule has 0 amide bonds. The van der Waals surface area contributed by atoms with Gasteiger partial charge in [0.15, 0.2) is 5.75 Å². The van der Waals surface area contributed by atoms with Crippen LogP contribution in [0.3, 0.4) is 0 Å². The fourth-order valence-corrected chi connectivity index (χ4v) is 3.33. The molecular formula is C21H18FN5O3. The Balaban J connectivity index is 1.79. The highest BCUT2D eigenvalue weighted by atomic mass is 19.1. The Labute approximate surface area is 170 Å². The zero-order valence-electron chi connectivity index (χ0n) is 16.2. The molecule has 9 heteroatoms. The third-order valence-corrected chi connectivity index (χ3v) is 4.87. The summed E-state index contributed by atoms with van der Waals surface area (Å²) in [4.78, 5) is 15.1. The van der Waals surface area contributed by atoms with Crippen LogP contribution < -0.4 is 10.5 Å². The smallest absolute Gasteiger partial charge is 0.310 e. The number of aryl methyl sites for hydroxylation is 1. The van der Waals surface area contributed by atoms with Gasteiger partial charge in [-0.3, -0.25) is 14.8 Å². The van der Waals surface area contributed by atoms with Crippen LogP contribution in [0.4, 0.5) is 15.9 Å². The van der Waals surface area contributed by atoms with Gasteiger partial charge in [-0.2, -0.15) is 5.10 Å². The number of halogens is 1. The van der Waals surface area contributed by atoms with E-state index in [1.165, 1.54) is 18.2 Å². The minimum absolute atomic E-state index is 0.0792. The van der Waals surface area contributed by atoms with Gasteiger partial charge in [0.25, 0.3) is 0 Å². The van der Waals surface area contributed by atoms with E-state index in [9.17, 15) is 14.5 Å². The number of nitro benzene ring substituents is 1. The lowest BCUT2D eigenvalue weighted by Gasteiger charge is -2.16. The van der Waals surface area contributed by atoms with Gasteiger partial charge in [0.05, 0.1) is 15.8 Å². The van der Waals surface area contributed by atoms with Gasteiger partial charge in [-0.15, -0.1) is 0 Å². The van der Waals surface area contributed by atoms with Gasteiger partial charge in [0.2, 0.25) is 0 Å². The van der Waals surface area contributed by atoms with Crippen LogP contribution in [0.5, 0.6) is 5.75 Å². The van der Waals surface area contributed by atoms with Crippen LogP contribution in [0.25, 0.3) is 22.2 Å². The molecule has 0 spiro atoms. The number of hydrogen-bond donors (Lipinski definition) is 1. The van der Waals surface area contributed by atoms with Gasteiger partial charge in [0.1, 0.15) is 23.4 Å². The third kappa shape index (κ3) is 3.41. The third-order valence-electron chi connectivity index (χ3n) is 4.87. The van der Waals surface area contributed by atoms with Gasteiger partial charge in [-0.25, -0.2) is 9.37 Å². The SMILES string of the molecule is C[C@H](Oc1cc(-c2nn(C)c3ccnc(N)c23)ccc1[N+](=O)[O-])c1ccc(F)cc1. The number of aromatic nitrogens is 3. The second-order valence-electron chi connectivity index (χ2n) is 6.81. The lowest BCUT2D eigenvalue weighted by atomic mass is 10.1. The monoisotopic (exact) mass is 407 g/mol. The molecule has 0 aliphatic carbocycles. The standard InChI is InChI=1S/C21H18FN5O3/c1-12(13-3-6-15(22)7-4-13)30-18-11-14(5-8-16(18)27(28)29)20-19-17(26(2)25-20)9-10-24-21(19)23/h3-12H,1-2H3,(H2,23,24)/t12-/m0/s1. The van der Waals surface area contributed by atoms with Crippen LogP contribution in [0.15, 0.2) is 54.7 Å². The minimum atomic E-state index is -0.535. The summed E-state index contributed by atoms with van der Waals surface area (Å²) in [6, 6.07) is 12.1. The number of rotatable bonds is 5. The average Bonchev–Trinajstić information content (AvgIpc) is 3.06. The Hall–Kier alpha value is -4.01. The second kappa shape index (κ2) is 7.43. The molecule has 152 valence electrons. The molecule has 4 rings (SSSR count). The Kier molecular flexibility index (Phi) is 4.78. The molecule has 4 aromatic rings. The normalized spacial score (nSPS) is 12.1. The molecule has 8 nitrogen and oxygen atoms in total. The highest BCUT2D eigenvalue weighted by Gasteiger charge is 2.22. The second-order valence-corrected chi connectivity index (χ2v) is 6.81.